The van der Waals surface area contributed by atoms with Crippen molar-refractivity contribution in [1.82, 2.24) is 0 Å². The van der Waals surface area contributed by atoms with E-state index < -0.39 is 23.7 Å². The number of halogens is 1. The molecule has 1 amide bonds. The van der Waals surface area contributed by atoms with Crippen molar-refractivity contribution in [2.24, 2.45) is 10.8 Å². The van der Waals surface area contributed by atoms with E-state index in [9.17, 15) is 14.0 Å². The largest absolute Gasteiger partial charge is 0.477 e. The monoisotopic (exact) mass is 251 g/mol. The van der Waals surface area contributed by atoms with Crippen molar-refractivity contribution >= 4 is 23.3 Å². The molecule has 1 aliphatic rings. The van der Waals surface area contributed by atoms with Gasteiger partial charge in [0.1, 0.15) is 17.6 Å². The molecule has 1 aliphatic heterocycles. The first-order chi connectivity index (χ1) is 8.49. The van der Waals surface area contributed by atoms with E-state index in [1.165, 1.54) is 29.3 Å². The Bertz CT molecular complexity index is 527. The van der Waals surface area contributed by atoms with E-state index in [0.717, 1.165) is 0 Å². The normalized spacial score (nSPS) is 18.6. The molecule has 1 atom stereocenters. The van der Waals surface area contributed by atoms with Crippen LogP contribution in [0.1, 0.15) is 6.42 Å². The van der Waals surface area contributed by atoms with Crippen molar-refractivity contribution in [2.45, 2.75) is 12.5 Å². The van der Waals surface area contributed by atoms with Crippen LogP contribution in [0.3, 0.4) is 0 Å². The van der Waals surface area contributed by atoms with Gasteiger partial charge in [0.15, 0.2) is 0 Å². The molecule has 94 valence electrons. The molecule has 7 heteroatoms. The van der Waals surface area contributed by atoms with Crippen molar-refractivity contribution in [3.8, 4) is 0 Å². The van der Waals surface area contributed by atoms with Crippen LogP contribution in [0, 0.1) is 5.82 Å². The summed E-state index contributed by atoms with van der Waals surface area (Å²) in [6.07, 6.45) is -0.0674. The lowest BCUT2D eigenvalue weighted by Gasteiger charge is -2.20. The average molecular weight is 251 g/mol. The highest BCUT2D eigenvalue weighted by molar-refractivity contribution is 6.37. The van der Waals surface area contributed by atoms with Gasteiger partial charge in [0, 0.05) is 6.42 Å². The lowest BCUT2D eigenvalue weighted by Crippen LogP contribution is -2.39. The number of hydrazone groups is 1. The molecule has 0 saturated heterocycles. The number of carboxylic acids is 1. The number of nitrogens with zero attached hydrogens (tertiary/aromatic N) is 2. The van der Waals surface area contributed by atoms with E-state index in [2.05, 4.69) is 5.10 Å². The Balaban J connectivity index is 2.36. The lowest BCUT2D eigenvalue weighted by molar-refractivity contribution is -0.129. The third-order valence-electron chi connectivity index (χ3n) is 2.58. The van der Waals surface area contributed by atoms with E-state index >= 15 is 0 Å². The summed E-state index contributed by atoms with van der Waals surface area (Å²) in [4.78, 5) is 22.1. The van der Waals surface area contributed by atoms with Gasteiger partial charge in [0.25, 0.3) is 0 Å². The Morgan fingerprint density at radius 2 is 2.00 bits per heavy atom. The fourth-order valence-electron chi connectivity index (χ4n) is 1.69. The molecule has 0 saturated carbocycles. The van der Waals surface area contributed by atoms with Crippen molar-refractivity contribution < 1.29 is 19.1 Å². The van der Waals surface area contributed by atoms with Gasteiger partial charge in [-0.3, -0.25) is 9.80 Å². The smallest absolute Gasteiger partial charge is 0.352 e. The van der Waals surface area contributed by atoms with Gasteiger partial charge in [-0.1, -0.05) is 0 Å². The van der Waals surface area contributed by atoms with Crippen LogP contribution in [-0.4, -0.2) is 28.7 Å². The molecule has 0 radical (unpaired) electrons. The zero-order valence-corrected chi connectivity index (χ0v) is 9.21. The molecule has 0 bridgehead atoms. The summed E-state index contributed by atoms with van der Waals surface area (Å²) in [5.74, 6) is -2.32. The summed E-state index contributed by atoms with van der Waals surface area (Å²) < 4.78 is 12.8. The number of carbonyl (C=O) groups is 2. The standard InChI is InChI=1S/C11H10FN3O3/c12-6-1-3-7(4-2-6)15-9(10(13)16)5-8(14-15)11(17)18/h1-4,9H,5H2,(H2,13,16)(H,17,18). The van der Waals surface area contributed by atoms with E-state index in [4.69, 9.17) is 10.8 Å². The van der Waals surface area contributed by atoms with Crippen LogP contribution < -0.4 is 10.7 Å². The van der Waals surface area contributed by atoms with E-state index in [-0.39, 0.29) is 12.1 Å². The zero-order chi connectivity index (χ0) is 13.3. The highest BCUT2D eigenvalue weighted by Gasteiger charge is 2.34. The van der Waals surface area contributed by atoms with Gasteiger partial charge in [-0.05, 0) is 24.3 Å². The van der Waals surface area contributed by atoms with Gasteiger partial charge >= 0.3 is 5.97 Å². The van der Waals surface area contributed by atoms with Gasteiger partial charge in [-0.2, -0.15) is 5.10 Å². The lowest BCUT2D eigenvalue weighted by atomic mass is 10.1. The van der Waals surface area contributed by atoms with Gasteiger partial charge in [0.2, 0.25) is 5.91 Å². The molecule has 2 rings (SSSR count). The van der Waals surface area contributed by atoms with Crippen LogP contribution in [0.2, 0.25) is 0 Å². The molecule has 6 nitrogen and oxygen atoms in total. The molecule has 1 heterocycles. The van der Waals surface area contributed by atoms with Crippen LogP contribution in [0.5, 0.6) is 0 Å². The average Bonchev–Trinajstić information content (AvgIpc) is 2.75. The van der Waals surface area contributed by atoms with Crippen LogP contribution in [0.25, 0.3) is 0 Å². The van der Waals surface area contributed by atoms with E-state index in [1.807, 2.05) is 0 Å². The number of hydrogen-bond acceptors (Lipinski definition) is 4. The first-order valence-corrected chi connectivity index (χ1v) is 5.14. The number of hydrogen-bond donors (Lipinski definition) is 2. The van der Waals surface area contributed by atoms with Crippen LogP contribution in [0.4, 0.5) is 10.1 Å². The summed E-state index contributed by atoms with van der Waals surface area (Å²) in [6.45, 7) is 0. The molecule has 0 aliphatic carbocycles. The summed E-state index contributed by atoms with van der Waals surface area (Å²) in [5.41, 5.74) is 5.46. The van der Waals surface area contributed by atoms with Crippen molar-refractivity contribution in [3.63, 3.8) is 0 Å². The number of rotatable bonds is 3. The number of amides is 1. The highest BCUT2D eigenvalue weighted by Crippen LogP contribution is 2.24. The second-order valence-corrected chi connectivity index (χ2v) is 3.80. The maximum absolute atomic E-state index is 12.8. The van der Waals surface area contributed by atoms with Crippen molar-refractivity contribution in [3.05, 3.63) is 30.1 Å². The maximum Gasteiger partial charge on any atom is 0.352 e. The van der Waals surface area contributed by atoms with Crippen molar-refractivity contribution in [2.75, 3.05) is 5.01 Å². The van der Waals surface area contributed by atoms with E-state index in [1.54, 1.807) is 0 Å². The third-order valence-corrected chi connectivity index (χ3v) is 2.58. The fraction of sp³-hybridized carbons (Fsp3) is 0.182. The second-order valence-electron chi connectivity index (χ2n) is 3.80. The Morgan fingerprint density at radius 1 is 1.39 bits per heavy atom. The summed E-state index contributed by atoms with van der Waals surface area (Å²) in [6, 6.07) is 4.34. The molecule has 3 N–H and O–H groups in total. The molecule has 1 unspecified atom stereocenters. The topological polar surface area (TPSA) is 96.0 Å². The maximum atomic E-state index is 12.8. The van der Waals surface area contributed by atoms with Gasteiger partial charge in [-0.15, -0.1) is 0 Å². The summed E-state index contributed by atoms with van der Waals surface area (Å²) in [5, 5.41) is 13.9. The minimum atomic E-state index is -1.20. The summed E-state index contributed by atoms with van der Waals surface area (Å²) >= 11 is 0. The van der Waals surface area contributed by atoms with Gasteiger partial charge in [0.05, 0.1) is 5.69 Å². The minimum Gasteiger partial charge on any atom is -0.477 e. The quantitative estimate of drug-likeness (QED) is 0.809. The first kappa shape index (κ1) is 12.0. The number of aliphatic carboxylic acids is 1. The minimum absolute atomic E-state index is 0.0674. The third kappa shape index (κ3) is 2.15. The number of nitrogens with two attached hydrogens (primary N) is 1. The molecular formula is C11H10FN3O3. The molecule has 0 aromatic heterocycles. The van der Waals surface area contributed by atoms with Crippen molar-refractivity contribution in [1.29, 1.82) is 0 Å². The van der Waals surface area contributed by atoms with Crippen LogP contribution >= 0.6 is 0 Å². The number of primary amides is 1. The summed E-state index contributed by atoms with van der Waals surface area (Å²) in [7, 11) is 0. The predicted octanol–water partition coefficient (Wildman–Crippen LogP) is 0.330. The Hall–Kier alpha value is -2.44. The zero-order valence-electron chi connectivity index (χ0n) is 9.21. The Kier molecular flexibility index (Phi) is 2.97. The van der Waals surface area contributed by atoms with E-state index in [0.29, 0.717) is 5.69 Å². The number of benzene rings is 1. The molecule has 0 spiro atoms. The molecular weight excluding hydrogens is 241 g/mol. The van der Waals surface area contributed by atoms with Crippen LogP contribution in [-0.2, 0) is 9.59 Å². The number of carbonyl (C=O) groups excluding carboxylic acids is 1. The highest BCUT2D eigenvalue weighted by atomic mass is 19.1. The number of anilines is 1. The first-order valence-electron chi connectivity index (χ1n) is 5.14. The molecule has 18 heavy (non-hydrogen) atoms. The second kappa shape index (κ2) is 4.44. The molecule has 1 aromatic rings. The van der Waals surface area contributed by atoms with Gasteiger partial charge < -0.3 is 10.8 Å². The van der Waals surface area contributed by atoms with Gasteiger partial charge in [-0.25, -0.2) is 9.18 Å². The SMILES string of the molecule is NC(=O)C1CC(C(=O)O)=NN1c1ccc(F)cc1. The molecule has 1 aromatic carbocycles. The fourth-order valence-corrected chi connectivity index (χ4v) is 1.69. The Morgan fingerprint density at radius 3 is 2.50 bits per heavy atom. The predicted molar refractivity (Wildman–Crippen MR) is 61.5 cm³/mol. The Labute approximate surface area is 101 Å². The number of carboxylic acid groups (broad SMARTS) is 1. The van der Waals surface area contributed by atoms with Crippen LogP contribution in [0.15, 0.2) is 29.4 Å². The molecule has 0 fully saturated rings.